The van der Waals surface area contributed by atoms with Crippen LogP contribution in [0.4, 0.5) is 5.69 Å². The Labute approximate surface area is 127 Å². The van der Waals surface area contributed by atoms with Crippen molar-refractivity contribution in [2.24, 2.45) is 0 Å². The molecular formula is C15H25ClN4. The molecule has 1 aromatic rings. The Morgan fingerprint density at radius 1 is 1.15 bits per heavy atom. The Bertz CT molecular complexity index is 408. The zero-order valence-electron chi connectivity index (χ0n) is 12.5. The lowest BCUT2D eigenvalue weighted by molar-refractivity contribution is 0.121. The zero-order valence-corrected chi connectivity index (χ0v) is 13.2. The lowest BCUT2D eigenvalue weighted by atomic mass is 10.1. The highest BCUT2D eigenvalue weighted by molar-refractivity contribution is 6.31. The molecule has 0 aliphatic carbocycles. The highest BCUT2D eigenvalue weighted by Gasteiger charge is 2.18. The van der Waals surface area contributed by atoms with Gasteiger partial charge in [-0.05, 0) is 26.2 Å². The number of likely N-dealkylation sites (N-methyl/N-ethyl adjacent to an activating group) is 1. The summed E-state index contributed by atoms with van der Waals surface area (Å²) in [5.74, 6) is 0. The minimum atomic E-state index is 0.778. The van der Waals surface area contributed by atoms with Crippen molar-refractivity contribution < 1.29 is 0 Å². The molecule has 20 heavy (non-hydrogen) atoms. The second-order valence-corrected chi connectivity index (χ2v) is 6.14. The van der Waals surface area contributed by atoms with E-state index in [0.717, 1.165) is 62.1 Å². The van der Waals surface area contributed by atoms with E-state index in [1.165, 1.54) is 0 Å². The maximum absolute atomic E-state index is 6.24. The first kappa shape index (κ1) is 15.6. The summed E-state index contributed by atoms with van der Waals surface area (Å²) in [7, 11) is 4.24. The van der Waals surface area contributed by atoms with Gasteiger partial charge in [-0.25, -0.2) is 0 Å². The summed E-state index contributed by atoms with van der Waals surface area (Å²) in [5, 5.41) is 0.778. The summed E-state index contributed by atoms with van der Waals surface area (Å²) in [6, 6.07) is 5.75. The lowest BCUT2D eigenvalue weighted by Gasteiger charge is -2.35. The summed E-state index contributed by atoms with van der Waals surface area (Å²) in [5.41, 5.74) is 7.88. The predicted octanol–water partition coefficient (Wildman–Crippen LogP) is 1.60. The van der Waals surface area contributed by atoms with Gasteiger partial charge in [-0.1, -0.05) is 17.7 Å². The summed E-state index contributed by atoms with van der Waals surface area (Å²) in [6.07, 6.45) is 0. The van der Waals surface area contributed by atoms with Crippen LogP contribution in [-0.4, -0.2) is 68.1 Å². The molecule has 0 spiro atoms. The van der Waals surface area contributed by atoms with E-state index >= 15 is 0 Å². The first-order valence-electron chi connectivity index (χ1n) is 7.18. The molecule has 2 N–H and O–H groups in total. The van der Waals surface area contributed by atoms with Crippen molar-refractivity contribution in [3.8, 4) is 0 Å². The highest BCUT2D eigenvalue weighted by atomic mass is 35.5. The number of nitrogen functional groups attached to an aromatic ring is 1. The Morgan fingerprint density at radius 2 is 1.80 bits per heavy atom. The maximum atomic E-state index is 6.24. The van der Waals surface area contributed by atoms with Crippen LogP contribution in [0, 0.1) is 0 Å². The molecule has 0 saturated carbocycles. The van der Waals surface area contributed by atoms with Crippen LogP contribution in [0.25, 0.3) is 0 Å². The quantitative estimate of drug-likeness (QED) is 0.837. The molecule has 4 nitrogen and oxygen atoms in total. The first-order chi connectivity index (χ1) is 9.56. The maximum Gasteiger partial charge on any atom is 0.0471 e. The number of halogens is 1. The van der Waals surface area contributed by atoms with Gasteiger partial charge in [0.2, 0.25) is 0 Å². The van der Waals surface area contributed by atoms with Crippen LogP contribution in [0.5, 0.6) is 0 Å². The Kier molecular flexibility index (Phi) is 5.66. The van der Waals surface area contributed by atoms with Crippen molar-refractivity contribution in [2.75, 3.05) is 59.1 Å². The van der Waals surface area contributed by atoms with Gasteiger partial charge in [-0.3, -0.25) is 9.80 Å². The summed E-state index contributed by atoms with van der Waals surface area (Å²) in [6.45, 7) is 7.53. The van der Waals surface area contributed by atoms with E-state index in [2.05, 4.69) is 28.8 Å². The van der Waals surface area contributed by atoms with Crippen molar-refractivity contribution >= 4 is 17.3 Å². The Morgan fingerprint density at radius 3 is 2.40 bits per heavy atom. The highest BCUT2D eigenvalue weighted by Crippen LogP contribution is 2.23. The molecule has 0 bridgehead atoms. The third kappa shape index (κ3) is 4.35. The molecule has 1 heterocycles. The van der Waals surface area contributed by atoms with Gasteiger partial charge in [-0.15, -0.1) is 0 Å². The summed E-state index contributed by atoms with van der Waals surface area (Å²) >= 11 is 6.24. The fourth-order valence-electron chi connectivity index (χ4n) is 2.48. The van der Waals surface area contributed by atoms with E-state index in [4.69, 9.17) is 17.3 Å². The van der Waals surface area contributed by atoms with Gasteiger partial charge in [0, 0.05) is 62.1 Å². The van der Waals surface area contributed by atoms with Crippen LogP contribution in [0.1, 0.15) is 5.56 Å². The van der Waals surface area contributed by atoms with Gasteiger partial charge >= 0.3 is 0 Å². The average molecular weight is 297 g/mol. The third-order valence-corrected chi connectivity index (χ3v) is 4.22. The lowest BCUT2D eigenvalue weighted by Crippen LogP contribution is -2.47. The van der Waals surface area contributed by atoms with Crippen LogP contribution in [-0.2, 0) is 6.54 Å². The van der Waals surface area contributed by atoms with E-state index in [9.17, 15) is 0 Å². The van der Waals surface area contributed by atoms with Gasteiger partial charge in [0.05, 0.1) is 0 Å². The normalized spacial score (nSPS) is 17.8. The molecule has 2 rings (SSSR count). The molecule has 0 radical (unpaired) electrons. The average Bonchev–Trinajstić information content (AvgIpc) is 2.42. The molecular weight excluding hydrogens is 272 g/mol. The smallest absolute Gasteiger partial charge is 0.0471 e. The van der Waals surface area contributed by atoms with Crippen LogP contribution in [0.15, 0.2) is 18.2 Å². The fraction of sp³-hybridized carbons (Fsp3) is 0.600. The molecule has 112 valence electrons. The number of piperazine rings is 1. The number of benzene rings is 1. The zero-order chi connectivity index (χ0) is 14.5. The SMILES string of the molecule is CN(C)CCN1CCN(Cc2c(N)cccc2Cl)CC1. The van der Waals surface area contributed by atoms with Crippen LogP contribution in [0.2, 0.25) is 5.02 Å². The van der Waals surface area contributed by atoms with Crippen molar-refractivity contribution in [2.45, 2.75) is 6.54 Å². The van der Waals surface area contributed by atoms with Gasteiger partial charge in [0.25, 0.3) is 0 Å². The van der Waals surface area contributed by atoms with Gasteiger partial charge in [0.1, 0.15) is 0 Å². The Hall–Kier alpha value is -0.810. The van der Waals surface area contributed by atoms with Gasteiger partial charge in [-0.2, -0.15) is 0 Å². The molecule has 1 aliphatic rings. The molecule has 0 unspecified atom stereocenters. The van der Waals surface area contributed by atoms with E-state index in [-0.39, 0.29) is 0 Å². The summed E-state index contributed by atoms with van der Waals surface area (Å²) < 4.78 is 0. The second kappa shape index (κ2) is 7.27. The number of nitrogens with two attached hydrogens (primary N) is 1. The van der Waals surface area contributed by atoms with Crippen molar-refractivity contribution in [3.05, 3.63) is 28.8 Å². The minimum absolute atomic E-state index is 0.778. The number of hydrogen-bond acceptors (Lipinski definition) is 4. The van der Waals surface area contributed by atoms with Crippen LogP contribution < -0.4 is 5.73 Å². The molecule has 1 aliphatic heterocycles. The molecule has 5 heteroatoms. The molecule has 0 atom stereocenters. The summed E-state index contributed by atoms with van der Waals surface area (Å²) in [4.78, 5) is 7.19. The molecule has 1 aromatic carbocycles. The first-order valence-corrected chi connectivity index (χ1v) is 7.56. The predicted molar refractivity (Wildman–Crippen MR) is 86.1 cm³/mol. The second-order valence-electron chi connectivity index (χ2n) is 5.73. The van der Waals surface area contributed by atoms with Crippen molar-refractivity contribution in [3.63, 3.8) is 0 Å². The number of anilines is 1. The van der Waals surface area contributed by atoms with Crippen molar-refractivity contribution in [1.82, 2.24) is 14.7 Å². The van der Waals surface area contributed by atoms with Crippen LogP contribution >= 0.6 is 11.6 Å². The van der Waals surface area contributed by atoms with Crippen LogP contribution in [0.3, 0.4) is 0 Å². The van der Waals surface area contributed by atoms with E-state index in [1.54, 1.807) is 0 Å². The van der Waals surface area contributed by atoms with E-state index in [1.807, 2.05) is 18.2 Å². The fourth-order valence-corrected chi connectivity index (χ4v) is 2.72. The van der Waals surface area contributed by atoms with E-state index in [0.29, 0.717) is 0 Å². The minimum Gasteiger partial charge on any atom is -0.398 e. The monoisotopic (exact) mass is 296 g/mol. The van der Waals surface area contributed by atoms with E-state index < -0.39 is 0 Å². The number of rotatable bonds is 5. The van der Waals surface area contributed by atoms with Gasteiger partial charge in [0.15, 0.2) is 0 Å². The number of nitrogens with zero attached hydrogens (tertiary/aromatic N) is 3. The number of hydrogen-bond donors (Lipinski definition) is 1. The topological polar surface area (TPSA) is 35.7 Å². The largest absolute Gasteiger partial charge is 0.398 e. The molecule has 0 aromatic heterocycles. The third-order valence-electron chi connectivity index (χ3n) is 3.87. The molecule has 1 fully saturated rings. The Balaban J connectivity index is 1.82. The molecule has 0 amide bonds. The standard InChI is InChI=1S/C15H25ClN4/c1-18(2)6-7-19-8-10-20(11-9-19)12-13-14(16)4-3-5-15(13)17/h3-5H,6-12,17H2,1-2H3. The molecule has 1 saturated heterocycles. The van der Waals surface area contributed by atoms with Gasteiger partial charge < -0.3 is 10.6 Å². The van der Waals surface area contributed by atoms with Crippen molar-refractivity contribution in [1.29, 1.82) is 0 Å².